The zero-order valence-electron chi connectivity index (χ0n) is 12.8. The molecule has 0 heterocycles. The van der Waals surface area contributed by atoms with Crippen LogP contribution in [-0.2, 0) is 12.8 Å². The van der Waals surface area contributed by atoms with Crippen molar-refractivity contribution in [3.8, 4) is 5.75 Å². The van der Waals surface area contributed by atoms with Gasteiger partial charge in [-0.3, -0.25) is 4.79 Å². The van der Waals surface area contributed by atoms with Crippen LogP contribution in [0.15, 0.2) is 48.5 Å². The summed E-state index contributed by atoms with van der Waals surface area (Å²) in [5.74, 6) is 1.18. The van der Waals surface area contributed by atoms with Gasteiger partial charge in [-0.2, -0.15) is 0 Å². The van der Waals surface area contributed by atoms with Gasteiger partial charge in [0, 0.05) is 12.0 Å². The molecule has 3 rings (SSSR count). The van der Waals surface area contributed by atoms with E-state index < -0.39 is 0 Å². The van der Waals surface area contributed by atoms with E-state index in [4.69, 9.17) is 4.74 Å². The van der Waals surface area contributed by atoms with Crippen molar-refractivity contribution in [2.45, 2.75) is 25.7 Å². The quantitative estimate of drug-likeness (QED) is 0.812. The number of ketones is 1. The number of hydrogen-bond acceptors (Lipinski definition) is 2. The Hall–Kier alpha value is -2.35. The van der Waals surface area contributed by atoms with Gasteiger partial charge in [0.2, 0.25) is 0 Å². The third kappa shape index (κ3) is 3.28. The second-order valence-electron chi connectivity index (χ2n) is 5.63. The third-order valence-corrected chi connectivity index (χ3v) is 4.10. The molecule has 1 aliphatic carbocycles. The predicted molar refractivity (Wildman–Crippen MR) is 89.4 cm³/mol. The highest BCUT2D eigenvalue weighted by molar-refractivity contribution is 6.00. The number of allylic oxidation sites excluding steroid dienone is 1. The summed E-state index contributed by atoms with van der Waals surface area (Å²) in [7, 11) is 1.69. The highest BCUT2D eigenvalue weighted by atomic mass is 16.5. The normalized spacial score (nSPS) is 13.6. The first-order valence-electron chi connectivity index (χ1n) is 7.72. The molecule has 0 saturated heterocycles. The Morgan fingerprint density at radius 3 is 2.91 bits per heavy atom. The highest BCUT2D eigenvalue weighted by Crippen LogP contribution is 2.23. The molecule has 0 fully saturated rings. The number of Topliss-reactive ketones (excluding diaryl/α,β-unsaturated/α-hetero) is 1. The number of aryl methyl sites for hydroxylation is 2. The monoisotopic (exact) mass is 292 g/mol. The number of rotatable bonds is 5. The average molecular weight is 292 g/mol. The lowest BCUT2D eigenvalue weighted by Gasteiger charge is -2.03. The smallest absolute Gasteiger partial charge is 0.163 e. The number of hydrogen-bond donors (Lipinski definition) is 0. The first-order valence-corrected chi connectivity index (χ1v) is 7.72. The van der Waals surface area contributed by atoms with Crippen LogP contribution in [-0.4, -0.2) is 12.9 Å². The average Bonchev–Trinajstić information content (AvgIpc) is 2.93. The molecule has 2 aromatic rings. The second-order valence-corrected chi connectivity index (χ2v) is 5.63. The van der Waals surface area contributed by atoms with Crippen molar-refractivity contribution in [3.63, 3.8) is 0 Å². The van der Waals surface area contributed by atoms with E-state index in [-0.39, 0.29) is 5.78 Å². The van der Waals surface area contributed by atoms with E-state index in [2.05, 4.69) is 36.4 Å². The van der Waals surface area contributed by atoms with Gasteiger partial charge in [-0.1, -0.05) is 36.4 Å². The molecule has 2 aromatic carbocycles. The predicted octanol–water partition coefficient (Wildman–Crippen LogP) is 4.47. The van der Waals surface area contributed by atoms with E-state index in [1.54, 1.807) is 7.11 Å². The Kier molecular flexibility index (Phi) is 4.38. The van der Waals surface area contributed by atoms with Gasteiger partial charge >= 0.3 is 0 Å². The van der Waals surface area contributed by atoms with Gasteiger partial charge in [-0.25, -0.2) is 0 Å². The van der Waals surface area contributed by atoms with Crippen LogP contribution in [0.5, 0.6) is 5.75 Å². The molecule has 0 radical (unpaired) electrons. The van der Waals surface area contributed by atoms with Crippen LogP contribution in [0.1, 0.15) is 39.9 Å². The highest BCUT2D eigenvalue weighted by Gasteiger charge is 2.18. The van der Waals surface area contributed by atoms with Gasteiger partial charge in [0.05, 0.1) is 7.11 Å². The number of methoxy groups -OCH3 is 1. The zero-order chi connectivity index (χ0) is 15.4. The van der Waals surface area contributed by atoms with E-state index in [0.29, 0.717) is 6.42 Å². The van der Waals surface area contributed by atoms with Crippen molar-refractivity contribution in [2.24, 2.45) is 0 Å². The maximum atomic E-state index is 11.8. The van der Waals surface area contributed by atoms with Crippen LogP contribution in [0, 0.1) is 0 Å². The first-order chi connectivity index (χ1) is 10.8. The van der Waals surface area contributed by atoms with Gasteiger partial charge in [0.1, 0.15) is 5.75 Å². The third-order valence-electron chi connectivity index (χ3n) is 4.10. The second kappa shape index (κ2) is 6.61. The van der Waals surface area contributed by atoms with E-state index in [0.717, 1.165) is 36.1 Å². The summed E-state index contributed by atoms with van der Waals surface area (Å²) in [6.45, 7) is 0. The number of ether oxygens (including phenoxy) is 1. The molecule has 0 amide bonds. The lowest BCUT2D eigenvalue weighted by molar-refractivity contribution is 0.0994. The van der Waals surface area contributed by atoms with Gasteiger partial charge in [0.15, 0.2) is 5.78 Å². The molecule has 0 aromatic heterocycles. The van der Waals surface area contributed by atoms with Gasteiger partial charge in [-0.05, 0) is 54.2 Å². The fourth-order valence-electron chi connectivity index (χ4n) is 2.86. The van der Waals surface area contributed by atoms with Crippen molar-refractivity contribution < 1.29 is 9.53 Å². The molecule has 22 heavy (non-hydrogen) atoms. The van der Waals surface area contributed by atoms with Crippen LogP contribution < -0.4 is 4.74 Å². The minimum absolute atomic E-state index is 0.279. The number of benzene rings is 2. The van der Waals surface area contributed by atoms with Crippen LogP contribution in [0.2, 0.25) is 0 Å². The molecule has 0 N–H and O–H groups in total. The van der Waals surface area contributed by atoms with Crippen LogP contribution >= 0.6 is 0 Å². The minimum Gasteiger partial charge on any atom is -0.497 e. The Balaban J connectivity index is 1.60. The number of fused-ring (bicyclic) bond motifs is 1. The molecule has 0 aliphatic heterocycles. The largest absolute Gasteiger partial charge is 0.497 e. The van der Waals surface area contributed by atoms with Crippen molar-refractivity contribution in [3.05, 3.63) is 70.8 Å². The van der Waals surface area contributed by atoms with Crippen LogP contribution in [0.25, 0.3) is 6.08 Å². The first kappa shape index (κ1) is 14.6. The summed E-state index contributed by atoms with van der Waals surface area (Å²) in [5, 5.41) is 0. The number of carbonyl (C=O) groups is 1. The maximum Gasteiger partial charge on any atom is 0.163 e. The van der Waals surface area contributed by atoms with E-state index in [1.807, 2.05) is 18.2 Å². The molecule has 0 unspecified atom stereocenters. The SMILES string of the molecule is COc1cccc(CCC=Cc2ccc3c(c2)C(=O)CC3)c1. The molecular formula is C20H20O2. The van der Waals surface area contributed by atoms with E-state index in [9.17, 15) is 4.79 Å². The molecule has 0 atom stereocenters. The summed E-state index contributed by atoms with van der Waals surface area (Å²) in [6, 6.07) is 14.4. The van der Waals surface area contributed by atoms with Crippen molar-refractivity contribution in [1.82, 2.24) is 0 Å². The minimum atomic E-state index is 0.279. The lowest BCUT2D eigenvalue weighted by Crippen LogP contribution is -1.91. The molecule has 1 aliphatic rings. The van der Waals surface area contributed by atoms with Gasteiger partial charge in [0.25, 0.3) is 0 Å². The fraction of sp³-hybridized carbons (Fsp3) is 0.250. The number of carbonyl (C=O) groups excluding carboxylic acids is 1. The Labute approximate surface area is 131 Å². The molecule has 2 nitrogen and oxygen atoms in total. The molecule has 2 heteroatoms. The summed E-state index contributed by atoms with van der Waals surface area (Å²) in [6.07, 6.45) is 7.79. The Morgan fingerprint density at radius 2 is 2.05 bits per heavy atom. The summed E-state index contributed by atoms with van der Waals surface area (Å²) >= 11 is 0. The Morgan fingerprint density at radius 1 is 1.14 bits per heavy atom. The topological polar surface area (TPSA) is 26.3 Å². The molecule has 0 saturated carbocycles. The standard InChI is InChI=1S/C20H20O2/c1-22-18-8-4-7-15(13-18)5-2-3-6-16-9-10-17-11-12-20(21)19(17)14-16/h3-4,6-10,13-14H,2,5,11-12H2,1H3. The maximum absolute atomic E-state index is 11.8. The Bertz CT molecular complexity index is 713. The molecular weight excluding hydrogens is 272 g/mol. The zero-order valence-corrected chi connectivity index (χ0v) is 12.8. The van der Waals surface area contributed by atoms with Crippen molar-refractivity contribution >= 4 is 11.9 Å². The van der Waals surface area contributed by atoms with Gasteiger partial charge < -0.3 is 4.74 Å². The van der Waals surface area contributed by atoms with Crippen molar-refractivity contribution in [1.29, 1.82) is 0 Å². The molecule has 0 bridgehead atoms. The molecule has 0 spiro atoms. The van der Waals surface area contributed by atoms with Gasteiger partial charge in [-0.15, -0.1) is 0 Å². The van der Waals surface area contributed by atoms with E-state index in [1.165, 1.54) is 11.1 Å². The fourth-order valence-corrected chi connectivity index (χ4v) is 2.86. The van der Waals surface area contributed by atoms with E-state index >= 15 is 0 Å². The van der Waals surface area contributed by atoms with Crippen LogP contribution in [0.3, 0.4) is 0 Å². The summed E-state index contributed by atoms with van der Waals surface area (Å²) < 4.78 is 5.23. The summed E-state index contributed by atoms with van der Waals surface area (Å²) in [4.78, 5) is 11.8. The van der Waals surface area contributed by atoms with Crippen LogP contribution in [0.4, 0.5) is 0 Å². The molecule has 112 valence electrons. The van der Waals surface area contributed by atoms with Crippen molar-refractivity contribution in [2.75, 3.05) is 7.11 Å². The lowest BCUT2D eigenvalue weighted by atomic mass is 10.0. The summed E-state index contributed by atoms with van der Waals surface area (Å²) in [5.41, 5.74) is 4.49.